The summed E-state index contributed by atoms with van der Waals surface area (Å²) in [6.45, 7) is 2.13. The highest BCUT2D eigenvalue weighted by molar-refractivity contribution is 5.93. The molecule has 4 rings (SSSR count). The summed E-state index contributed by atoms with van der Waals surface area (Å²) in [4.78, 5) is 19.4. The molecule has 1 fully saturated rings. The number of aromatic nitrogens is 3. The fraction of sp³-hybridized carbons (Fsp3) is 0.318. The molecule has 28 heavy (non-hydrogen) atoms. The van der Waals surface area contributed by atoms with Gasteiger partial charge in [-0.2, -0.15) is 5.10 Å². The van der Waals surface area contributed by atoms with Gasteiger partial charge in [-0.3, -0.25) is 14.5 Å². The Morgan fingerprint density at radius 2 is 1.79 bits per heavy atom. The molecular formula is C22H23FN4O. The van der Waals surface area contributed by atoms with Gasteiger partial charge in [0.25, 0.3) is 5.91 Å². The molecule has 0 radical (unpaired) electrons. The molecule has 0 N–H and O–H groups in total. The van der Waals surface area contributed by atoms with E-state index in [1.807, 2.05) is 29.2 Å². The third kappa shape index (κ3) is 4.11. The van der Waals surface area contributed by atoms with E-state index in [0.717, 1.165) is 37.2 Å². The number of pyridine rings is 1. The van der Waals surface area contributed by atoms with Crippen molar-refractivity contribution in [3.8, 4) is 11.4 Å². The van der Waals surface area contributed by atoms with E-state index in [1.54, 1.807) is 23.0 Å². The van der Waals surface area contributed by atoms with E-state index in [2.05, 4.69) is 10.1 Å². The van der Waals surface area contributed by atoms with Gasteiger partial charge in [0.05, 0.1) is 5.69 Å². The lowest BCUT2D eigenvalue weighted by Crippen LogP contribution is -2.36. The van der Waals surface area contributed by atoms with Crippen LogP contribution in [-0.2, 0) is 13.0 Å². The molecule has 2 aromatic heterocycles. The van der Waals surface area contributed by atoms with Gasteiger partial charge < -0.3 is 4.90 Å². The zero-order chi connectivity index (χ0) is 19.3. The number of hydrogen-bond donors (Lipinski definition) is 0. The number of nitrogens with zero attached hydrogens (tertiary/aromatic N) is 4. The molecule has 1 amide bonds. The van der Waals surface area contributed by atoms with E-state index < -0.39 is 0 Å². The zero-order valence-electron chi connectivity index (χ0n) is 15.7. The van der Waals surface area contributed by atoms with Crippen molar-refractivity contribution in [1.29, 1.82) is 0 Å². The van der Waals surface area contributed by atoms with Gasteiger partial charge in [-0.05, 0) is 61.6 Å². The molecule has 1 aliphatic heterocycles. The van der Waals surface area contributed by atoms with Crippen LogP contribution in [0.25, 0.3) is 11.4 Å². The molecular weight excluding hydrogens is 355 g/mol. The molecule has 0 spiro atoms. The molecule has 3 aromatic rings. The summed E-state index contributed by atoms with van der Waals surface area (Å²) in [5.74, 6) is -0.227. The van der Waals surface area contributed by atoms with Crippen LogP contribution in [0, 0.1) is 5.82 Å². The molecule has 0 saturated carbocycles. The lowest BCUT2D eigenvalue weighted by atomic mass is 10.1. The Kier molecular flexibility index (Phi) is 5.46. The Bertz CT molecular complexity index is 931. The van der Waals surface area contributed by atoms with Gasteiger partial charge >= 0.3 is 0 Å². The molecule has 0 bridgehead atoms. The van der Waals surface area contributed by atoms with Crippen LogP contribution >= 0.6 is 0 Å². The van der Waals surface area contributed by atoms with Crippen LogP contribution in [0.1, 0.15) is 35.3 Å². The predicted molar refractivity (Wildman–Crippen MR) is 105 cm³/mol. The number of amides is 1. The Hall–Kier alpha value is -3.02. The minimum absolute atomic E-state index is 0.0217. The number of rotatable bonds is 5. The Morgan fingerprint density at radius 1 is 1.00 bits per heavy atom. The van der Waals surface area contributed by atoms with Crippen LogP contribution in [0.2, 0.25) is 0 Å². The Balaban J connectivity index is 1.61. The van der Waals surface area contributed by atoms with Crippen LogP contribution in [0.15, 0.2) is 54.7 Å². The van der Waals surface area contributed by atoms with E-state index >= 15 is 0 Å². The summed E-state index contributed by atoms with van der Waals surface area (Å²) in [7, 11) is 0. The van der Waals surface area contributed by atoms with Crippen LogP contribution in [0.3, 0.4) is 0 Å². The number of carbonyl (C=O) groups excluding carboxylic acids is 1. The average molecular weight is 378 g/mol. The first kappa shape index (κ1) is 18.3. The summed E-state index contributed by atoms with van der Waals surface area (Å²) in [5, 5.41) is 4.66. The summed E-state index contributed by atoms with van der Waals surface area (Å²) in [6.07, 6.45) is 5.65. The molecule has 0 aliphatic carbocycles. The van der Waals surface area contributed by atoms with Crippen molar-refractivity contribution in [2.24, 2.45) is 0 Å². The van der Waals surface area contributed by atoms with Gasteiger partial charge in [0.15, 0.2) is 0 Å². The number of carbonyl (C=O) groups is 1. The third-order valence-corrected chi connectivity index (χ3v) is 5.10. The number of benzene rings is 1. The van der Waals surface area contributed by atoms with Crippen molar-refractivity contribution in [1.82, 2.24) is 19.7 Å². The van der Waals surface area contributed by atoms with E-state index in [4.69, 9.17) is 0 Å². The van der Waals surface area contributed by atoms with E-state index in [9.17, 15) is 9.18 Å². The Morgan fingerprint density at radius 3 is 2.50 bits per heavy atom. The normalized spacial score (nSPS) is 14.2. The molecule has 1 aromatic carbocycles. The van der Waals surface area contributed by atoms with Crippen LogP contribution in [0.4, 0.5) is 4.39 Å². The van der Waals surface area contributed by atoms with Gasteiger partial charge in [-0.15, -0.1) is 0 Å². The monoisotopic (exact) mass is 378 g/mol. The second-order valence-corrected chi connectivity index (χ2v) is 7.08. The number of aryl methyl sites for hydroxylation is 2. The Labute approximate surface area is 163 Å². The quantitative estimate of drug-likeness (QED) is 0.675. The van der Waals surface area contributed by atoms with Crippen molar-refractivity contribution < 1.29 is 9.18 Å². The van der Waals surface area contributed by atoms with Gasteiger partial charge in [0.2, 0.25) is 0 Å². The van der Waals surface area contributed by atoms with Crippen LogP contribution < -0.4 is 0 Å². The second-order valence-electron chi connectivity index (χ2n) is 7.08. The number of halogens is 1. The highest BCUT2D eigenvalue weighted by atomic mass is 19.1. The summed E-state index contributed by atoms with van der Waals surface area (Å²) < 4.78 is 14.9. The summed E-state index contributed by atoms with van der Waals surface area (Å²) in [6, 6.07) is 13.9. The molecule has 5 nitrogen and oxygen atoms in total. The highest BCUT2D eigenvalue weighted by Crippen LogP contribution is 2.20. The van der Waals surface area contributed by atoms with Crippen LogP contribution in [-0.4, -0.2) is 38.7 Å². The summed E-state index contributed by atoms with van der Waals surface area (Å²) in [5.41, 5.74) is 3.04. The largest absolute Gasteiger partial charge is 0.337 e. The van der Waals surface area contributed by atoms with Crippen molar-refractivity contribution in [2.45, 2.75) is 32.2 Å². The maximum absolute atomic E-state index is 13.1. The fourth-order valence-electron chi connectivity index (χ4n) is 3.54. The molecule has 1 saturated heterocycles. The zero-order valence-corrected chi connectivity index (χ0v) is 15.7. The molecule has 0 unspecified atom stereocenters. The highest BCUT2D eigenvalue weighted by Gasteiger charge is 2.23. The first-order valence-electron chi connectivity index (χ1n) is 9.74. The van der Waals surface area contributed by atoms with Crippen molar-refractivity contribution in [3.63, 3.8) is 0 Å². The maximum atomic E-state index is 13.1. The molecule has 6 heteroatoms. The van der Waals surface area contributed by atoms with Crippen molar-refractivity contribution in [2.75, 3.05) is 13.1 Å². The van der Waals surface area contributed by atoms with E-state index in [-0.39, 0.29) is 11.7 Å². The summed E-state index contributed by atoms with van der Waals surface area (Å²) >= 11 is 0. The predicted octanol–water partition coefficient (Wildman–Crippen LogP) is 3.95. The van der Waals surface area contributed by atoms with Gasteiger partial charge in [0, 0.05) is 25.8 Å². The first-order chi connectivity index (χ1) is 13.7. The minimum Gasteiger partial charge on any atom is -0.337 e. The van der Waals surface area contributed by atoms with Gasteiger partial charge in [0.1, 0.15) is 17.2 Å². The first-order valence-corrected chi connectivity index (χ1v) is 9.74. The molecule has 144 valence electrons. The van der Waals surface area contributed by atoms with Crippen molar-refractivity contribution in [3.05, 3.63) is 71.8 Å². The number of likely N-dealkylation sites (tertiary alicyclic amines) is 1. The molecule has 0 atom stereocenters. The number of hydrogen-bond acceptors (Lipinski definition) is 3. The third-order valence-electron chi connectivity index (χ3n) is 5.10. The van der Waals surface area contributed by atoms with E-state index in [0.29, 0.717) is 24.4 Å². The van der Waals surface area contributed by atoms with Gasteiger partial charge in [-0.25, -0.2) is 4.39 Å². The lowest BCUT2D eigenvalue weighted by molar-refractivity contribution is 0.0711. The van der Waals surface area contributed by atoms with Gasteiger partial charge in [-0.1, -0.05) is 18.2 Å². The lowest BCUT2D eigenvalue weighted by Gasteiger charge is -2.26. The number of piperidine rings is 1. The fourth-order valence-corrected chi connectivity index (χ4v) is 3.54. The van der Waals surface area contributed by atoms with Crippen LogP contribution in [0.5, 0.6) is 0 Å². The van der Waals surface area contributed by atoms with E-state index in [1.165, 1.54) is 18.6 Å². The van der Waals surface area contributed by atoms with Crippen molar-refractivity contribution >= 4 is 5.91 Å². The maximum Gasteiger partial charge on any atom is 0.272 e. The average Bonchev–Trinajstić information content (AvgIpc) is 3.18. The smallest absolute Gasteiger partial charge is 0.272 e. The molecule has 1 aliphatic rings. The standard InChI is InChI=1S/C22H23FN4O/c23-18-9-7-17(8-10-18)11-15-27-21(22(28)26-13-4-1-5-14-26)16-20(25-27)19-6-2-3-12-24-19/h2-3,6-10,12,16H,1,4-5,11,13-15H2. The topological polar surface area (TPSA) is 51.0 Å². The SMILES string of the molecule is O=C(c1cc(-c2ccccn2)nn1CCc1ccc(F)cc1)N1CCCCC1. The minimum atomic E-state index is -0.249. The second kappa shape index (κ2) is 8.33. The molecule has 3 heterocycles.